The summed E-state index contributed by atoms with van der Waals surface area (Å²) in [7, 11) is 0. The van der Waals surface area contributed by atoms with Crippen LogP contribution in [0.5, 0.6) is 0 Å². The Kier molecular flexibility index (Phi) is 2.40. The number of nitrogens with zero attached hydrogens (tertiary/aromatic N) is 1. The van der Waals surface area contributed by atoms with Gasteiger partial charge in [0.05, 0.1) is 5.56 Å². The fourth-order valence-electron chi connectivity index (χ4n) is 1.65. The molecule has 76 valence electrons. The van der Waals surface area contributed by atoms with Crippen molar-refractivity contribution < 1.29 is 4.39 Å². The summed E-state index contributed by atoms with van der Waals surface area (Å²) < 4.78 is 13.2. The van der Waals surface area contributed by atoms with Crippen molar-refractivity contribution in [2.75, 3.05) is 6.54 Å². The SMILES string of the molecule is N#Cc1cc2c(CCN)c[nH]c2cc1F. The molecule has 2 rings (SSSR count). The van der Waals surface area contributed by atoms with E-state index in [4.69, 9.17) is 11.0 Å². The van der Waals surface area contributed by atoms with Gasteiger partial charge in [0.15, 0.2) is 0 Å². The van der Waals surface area contributed by atoms with Crippen molar-refractivity contribution in [3.63, 3.8) is 0 Å². The second-order valence-corrected chi connectivity index (χ2v) is 3.34. The average Bonchev–Trinajstić information content (AvgIpc) is 2.60. The van der Waals surface area contributed by atoms with Gasteiger partial charge in [0.1, 0.15) is 11.9 Å². The molecule has 4 heteroatoms. The molecule has 1 aromatic heterocycles. The van der Waals surface area contributed by atoms with Crippen molar-refractivity contribution >= 4 is 10.9 Å². The lowest BCUT2D eigenvalue weighted by Gasteiger charge is -1.97. The molecular weight excluding hydrogens is 193 g/mol. The van der Waals surface area contributed by atoms with Crippen molar-refractivity contribution in [3.8, 4) is 6.07 Å². The summed E-state index contributed by atoms with van der Waals surface area (Å²) in [6.07, 6.45) is 2.52. The lowest BCUT2D eigenvalue weighted by atomic mass is 10.1. The Bertz CT molecular complexity index is 536. The molecule has 2 aromatic rings. The summed E-state index contributed by atoms with van der Waals surface area (Å²) in [5.41, 5.74) is 7.25. The smallest absolute Gasteiger partial charge is 0.143 e. The summed E-state index contributed by atoms with van der Waals surface area (Å²) in [6, 6.07) is 4.73. The first kappa shape index (κ1) is 9.69. The molecular formula is C11H10FN3. The number of hydrogen-bond acceptors (Lipinski definition) is 2. The first-order valence-corrected chi connectivity index (χ1v) is 4.66. The molecule has 0 radical (unpaired) electrons. The molecule has 0 aliphatic heterocycles. The van der Waals surface area contributed by atoms with E-state index in [-0.39, 0.29) is 5.56 Å². The zero-order chi connectivity index (χ0) is 10.8. The highest BCUT2D eigenvalue weighted by molar-refractivity contribution is 5.84. The normalized spacial score (nSPS) is 10.5. The molecule has 15 heavy (non-hydrogen) atoms. The first-order valence-electron chi connectivity index (χ1n) is 4.66. The summed E-state index contributed by atoms with van der Waals surface area (Å²) in [5, 5.41) is 9.58. The van der Waals surface area contributed by atoms with Gasteiger partial charge in [0, 0.05) is 17.1 Å². The number of nitrogens with two attached hydrogens (primary N) is 1. The fourth-order valence-corrected chi connectivity index (χ4v) is 1.65. The van der Waals surface area contributed by atoms with Crippen LogP contribution in [-0.4, -0.2) is 11.5 Å². The minimum absolute atomic E-state index is 0.0698. The van der Waals surface area contributed by atoms with Crippen molar-refractivity contribution in [1.29, 1.82) is 5.26 Å². The van der Waals surface area contributed by atoms with Gasteiger partial charge in [-0.25, -0.2) is 4.39 Å². The van der Waals surface area contributed by atoms with Crippen LogP contribution >= 0.6 is 0 Å². The van der Waals surface area contributed by atoms with Crippen LogP contribution in [0.3, 0.4) is 0 Å². The number of nitriles is 1. The van der Waals surface area contributed by atoms with Gasteiger partial charge in [0.2, 0.25) is 0 Å². The molecule has 0 aliphatic rings. The molecule has 3 N–H and O–H groups in total. The van der Waals surface area contributed by atoms with Crippen molar-refractivity contribution in [1.82, 2.24) is 4.98 Å². The van der Waals surface area contributed by atoms with Crippen LogP contribution in [0.4, 0.5) is 4.39 Å². The summed E-state index contributed by atoms with van der Waals surface area (Å²) >= 11 is 0. The van der Waals surface area contributed by atoms with E-state index < -0.39 is 5.82 Å². The van der Waals surface area contributed by atoms with Gasteiger partial charge in [-0.3, -0.25) is 0 Å². The van der Waals surface area contributed by atoms with Gasteiger partial charge in [-0.2, -0.15) is 5.26 Å². The Hall–Kier alpha value is -1.86. The van der Waals surface area contributed by atoms with E-state index in [1.165, 1.54) is 6.07 Å². The maximum atomic E-state index is 13.2. The Morgan fingerprint density at radius 2 is 2.27 bits per heavy atom. The quantitative estimate of drug-likeness (QED) is 0.779. The monoisotopic (exact) mass is 203 g/mol. The second kappa shape index (κ2) is 3.71. The Morgan fingerprint density at radius 3 is 2.93 bits per heavy atom. The van der Waals surface area contributed by atoms with Crippen molar-refractivity contribution in [2.24, 2.45) is 5.73 Å². The molecule has 0 unspecified atom stereocenters. The minimum atomic E-state index is -0.494. The number of H-pyrrole nitrogens is 1. The Labute approximate surface area is 86.3 Å². The van der Waals surface area contributed by atoms with E-state index in [0.717, 1.165) is 17.4 Å². The third-order valence-corrected chi connectivity index (χ3v) is 2.39. The van der Waals surface area contributed by atoms with Gasteiger partial charge in [0.25, 0.3) is 0 Å². The van der Waals surface area contributed by atoms with Crippen molar-refractivity contribution in [2.45, 2.75) is 6.42 Å². The lowest BCUT2D eigenvalue weighted by Crippen LogP contribution is -2.01. The van der Waals surface area contributed by atoms with Gasteiger partial charge in [-0.05, 0) is 30.7 Å². The molecule has 0 fully saturated rings. The topological polar surface area (TPSA) is 65.6 Å². The Morgan fingerprint density at radius 1 is 1.47 bits per heavy atom. The fraction of sp³-hybridized carbons (Fsp3) is 0.182. The third kappa shape index (κ3) is 1.58. The first-order chi connectivity index (χ1) is 7.26. The number of halogens is 1. The van der Waals surface area contributed by atoms with Gasteiger partial charge in [-0.1, -0.05) is 0 Å². The van der Waals surface area contributed by atoms with E-state index in [1.807, 2.05) is 6.07 Å². The third-order valence-electron chi connectivity index (χ3n) is 2.39. The molecule has 0 saturated heterocycles. The number of nitrogens with one attached hydrogen (secondary N) is 1. The number of aromatic amines is 1. The predicted octanol–water partition coefficient (Wildman–Crippen LogP) is 1.68. The van der Waals surface area contributed by atoms with Crippen LogP contribution in [-0.2, 0) is 6.42 Å². The van der Waals surface area contributed by atoms with Crippen LogP contribution in [0.15, 0.2) is 18.3 Å². The molecule has 3 nitrogen and oxygen atoms in total. The largest absolute Gasteiger partial charge is 0.361 e. The molecule has 0 amide bonds. The molecule has 0 atom stereocenters. The van der Waals surface area contributed by atoms with Gasteiger partial charge >= 0.3 is 0 Å². The number of benzene rings is 1. The number of aromatic nitrogens is 1. The molecule has 1 heterocycles. The molecule has 0 bridgehead atoms. The number of rotatable bonds is 2. The summed E-state index contributed by atoms with van der Waals surface area (Å²) in [4.78, 5) is 2.96. The minimum Gasteiger partial charge on any atom is -0.361 e. The maximum absolute atomic E-state index is 13.2. The van der Waals surface area contributed by atoms with E-state index in [2.05, 4.69) is 4.98 Å². The van der Waals surface area contributed by atoms with E-state index in [9.17, 15) is 4.39 Å². The highest BCUT2D eigenvalue weighted by Crippen LogP contribution is 2.22. The number of fused-ring (bicyclic) bond motifs is 1. The van der Waals surface area contributed by atoms with Crippen LogP contribution in [0.1, 0.15) is 11.1 Å². The van der Waals surface area contributed by atoms with Crippen LogP contribution in [0.2, 0.25) is 0 Å². The van der Waals surface area contributed by atoms with E-state index in [0.29, 0.717) is 12.1 Å². The van der Waals surface area contributed by atoms with E-state index >= 15 is 0 Å². The lowest BCUT2D eigenvalue weighted by molar-refractivity contribution is 0.625. The Balaban J connectivity index is 2.65. The van der Waals surface area contributed by atoms with Gasteiger partial charge in [-0.15, -0.1) is 0 Å². The highest BCUT2D eigenvalue weighted by atomic mass is 19.1. The standard InChI is InChI=1S/C11H10FN3/c12-10-4-11-9(3-8(10)5-14)7(1-2-13)6-15-11/h3-4,6,15H,1-2,13H2. The summed E-state index contributed by atoms with van der Waals surface area (Å²) in [6.45, 7) is 0.534. The maximum Gasteiger partial charge on any atom is 0.143 e. The summed E-state index contributed by atoms with van der Waals surface area (Å²) in [5.74, 6) is -0.494. The molecule has 0 spiro atoms. The number of hydrogen-bond donors (Lipinski definition) is 2. The second-order valence-electron chi connectivity index (χ2n) is 3.34. The van der Waals surface area contributed by atoms with Crippen molar-refractivity contribution in [3.05, 3.63) is 35.3 Å². The molecule has 0 saturated carbocycles. The average molecular weight is 203 g/mol. The zero-order valence-electron chi connectivity index (χ0n) is 8.05. The van der Waals surface area contributed by atoms with Crippen LogP contribution in [0, 0.1) is 17.1 Å². The van der Waals surface area contributed by atoms with E-state index in [1.54, 1.807) is 12.3 Å². The zero-order valence-corrected chi connectivity index (χ0v) is 8.05. The van der Waals surface area contributed by atoms with Gasteiger partial charge < -0.3 is 10.7 Å². The molecule has 0 aliphatic carbocycles. The molecule has 1 aromatic carbocycles. The highest BCUT2D eigenvalue weighted by Gasteiger charge is 2.08. The van der Waals surface area contributed by atoms with Crippen LogP contribution in [0.25, 0.3) is 10.9 Å². The predicted molar refractivity (Wildman–Crippen MR) is 55.7 cm³/mol. The van der Waals surface area contributed by atoms with Crippen LogP contribution < -0.4 is 5.73 Å².